The van der Waals surface area contributed by atoms with Gasteiger partial charge in [0.1, 0.15) is 0 Å². The number of nitrogens with zero attached hydrogens (tertiary/aromatic N) is 1. The van der Waals surface area contributed by atoms with Gasteiger partial charge >= 0.3 is 0 Å². The predicted octanol–water partition coefficient (Wildman–Crippen LogP) is 1.72. The number of rotatable bonds is 1. The number of thiazole rings is 1. The van der Waals surface area contributed by atoms with Crippen LogP contribution in [-0.4, -0.2) is 18.0 Å². The van der Waals surface area contributed by atoms with E-state index >= 15 is 0 Å². The van der Waals surface area contributed by atoms with Crippen molar-refractivity contribution in [2.24, 2.45) is 0 Å². The van der Waals surface area contributed by atoms with Gasteiger partial charge in [0.15, 0.2) is 5.01 Å². The summed E-state index contributed by atoms with van der Waals surface area (Å²) in [5, 5.41) is 7.85. The third-order valence-corrected chi connectivity index (χ3v) is 2.60. The number of ether oxygens (including phenoxy) is 1. The van der Waals surface area contributed by atoms with Crippen LogP contribution in [0.15, 0.2) is 6.20 Å². The minimum absolute atomic E-state index is 0.132. The second-order valence-electron chi connectivity index (χ2n) is 1.50. The zero-order chi connectivity index (χ0) is 7.56. The largest absolute Gasteiger partial charge is 0.479 e. The lowest BCUT2D eigenvalue weighted by atomic mass is 10.7. The van der Waals surface area contributed by atoms with Crippen molar-refractivity contribution < 1.29 is 4.74 Å². The van der Waals surface area contributed by atoms with E-state index in [2.05, 4.69) is 32.3 Å². The van der Waals surface area contributed by atoms with Crippen LogP contribution >= 0.6 is 33.9 Å². The molecule has 0 amide bonds. The van der Waals surface area contributed by atoms with Crippen molar-refractivity contribution in [3.63, 3.8) is 0 Å². The first-order chi connectivity index (χ1) is 4.74. The molecular weight excluding hydrogens is 263 g/mol. The summed E-state index contributed by atoms with van der Waals surface area (Å²) in [6, 6.07) is 0. The van der Waals surface area contributed by atoms with Crippen LogP contribution in [0.3, 0.4) is 0 Å². The Morgan fingerprint density at radius 2 is 2.60 bits per heavy atom. The topological polar surface area (TPSA) is 46.0 Å². The van der Waals surface area contributed by atoms with Crippen molar-refractivity contribution >= 4 is 39.8 Å². The van der Waals surface area contributed by atoms with Crippen LogP contribution in [0, 0.1) is 8.29 Å². The van der Waals surface area contributed by atoms with E-state index in [-0.39, 0.29) is 5.90 Å². The maximum absolute atomic E-state index is 7.21. The van der Waals surface area contributed by atoms with Gasteiger partial charge in [-0.05, 0) is 22.6 Å². The average molecular weight is 268 g/mol. The smallest absolute Gasteiger partial charge is 0.242 e. The van der Waals surface area contributed by atoms with Gasteiger partial charge in [0, 0.05) is 0 Å². The third kappa shape index (κ3) is 1.66. The first-order valence-electron chi connectivity index (χ1n) is 2.48. The molecule has 5 heteroatoms. The van der Waals surface area contributed by atoms with Gasteiger partial charge in [0.2, 0.25) is 5.90 Å². The molecule has 0 spiro atoms. The number of aromatic nitrogens is 1. The molecule has 1 aromatic heterocycles. The summed E-state index contributed by atoms with van der Waals surface area (Å²) in [5.41, 5.74) is 0. The summed E-state index contributed by atoms with van der Waals surface area (Å²) < 4.78 is 5.74. The van der Waals surface area contributed by atoms with Crippen molar-refractivity contribution in [3.05, 3.63) is 14.1 Å². The number of halogens is 1. The van der Waals surface area contributed by atoms with Crippen molar-refractivity contribution in [1.29, 1.82) is 5.41 Å². The lowest BCUT2D eigenvalue weighted by Gasteiger charge is -1.93. The van der Waals surface area contributed by atoms with Crippen molar-refractivity contribution in [2.45, 2.75) is 0 Å². The summed E-state index contributed by atoms with van der Waals surface area (Å²) in [7, 11) is 1.47. The van der Waals surface area contributed by atoms with E-state index in [1.54, 1.807) is 6.20 Å². The molecule has 0 saturated carbocycles. The molecule has 0 fully saturated rings. The van der Waals surface area contributed by atoms with E-state index < -0.39 is 0 Å². The molecule has 0 radical (unpaired) electrons. The van der Waals surface area contributed by atoms with Gasteiger partial charge in [-0.1, -0.05) is 0 Å². The fourth-order valence-corrected chi connectivity index (χ4v) is 1.78. The fraction of sp³-hybridized carbons (Fsp3) is 0.200. The standard InChI is InChI=1S/C5H5IN2OS/c1-9-4(7)5-8-2-3(6)10-5/h2,7H,1H3. The normalized spacial score (nSPS) is 9.40. The monoisotopic (exact) mass is 268 g/mol. The van der Waals surface area contributed by atoms with E-state index in [0.29, 0.717) is 5.01 Å². The Bertz CT molecular complexity index is 248. The SMILES string of the molecule is COC(=N)c1ncc(I)s1. The summed E-state index contributed by atoms with van der Waals surface area (Å²) in [4.78, 5) is 3.95. The summed E-state index contributed by atoms with van der Waals surface area (Å²) in [5.74, 6) is 0.132. The Morgan fingerprint density at radius 1 is 1.90 bits per heavy atom. The molecule has 1 aromatic rings. The van der Waals surface area contributed by atoms with Crippen LogP contribution in [0.4, 0.5) is 0 Å². The van der Waals surface area contributed by atoms with Crippen LogP contribution < -0.4 is 0 Å². The highest BCUT2D eigenvalue weighted by Crippen LogP contribution is 2.14. The second kappa shape index (κ2) is 3.29. The molecule has 0 aliphatic heterocycles. The van der Waals surface area contributed by atoms with Gasteiger partial charge in [0.25, 0.3) is 0 Å². The van der Waals surface area contributed by atoms with Gasteiger partial charge in [0.05, 0.1) is 16.2 Å². The van der Waals surface area contributed by atoms with Gasteiger partial charge in [-0.2, -0.15) is 0 Å². The van der Waals surface area contributed by atoms with Crippen LogP contribution in [-0.2, 0) is 4.74 Å². The highest BCUT2D eigenvalue weighted by Gasteiger charge is 2.04. The molecule has 54 valence electrons. The molecule has 0 atom stereocenters. The molecule has 0 bridgehead atoms. The fourth-order valence-electron chi connectivity index (χ4n) is 0.447. The highest BCUT2D eigenvalue weighted by atomic mass is 127. The van der Waals surface area contributed by atoms with E-state index in [4.69, 9.17) is 5.41 Å². The number of nitrogens with one attached hydrogen (secondary N) is 1. The molecule has 3 nitrogen and oxygen atoms in total. The van der Waals surface area contributed by atoms with Crippen molar-refractivity contribution in [1.82, 2.24) is 4.98 Å². The quantitative estimate of drug-likeness (QED) is 0.479. The Hall–Kier alpha value is -0.170. The van der Waals surface area contributed by atoms with Gasteiger partial charge in [-0.25, -0.2) is 4.98 Å². The van der Waals surface area contributed by atoms with E-state index in [1.807, 2.05) is 0 Å². The van der Waals surface area contributed by atoms with Crippen LogP contribution in [0.2, 0.25) is 0 Å². The molecule has 0 unspecified atom stereocenters. The number of hydrogen-bond donors (Lipinski definition) is 1. The number of methoxy groups -OCH3 is 1. The Balaban J connectivity index is 2.85. The van der Waals surface area contributed by atoms with Gasteiger partial charge in [-0.15, -0.1) is 11.3 Å². The second-order valence-corrected chi connectivity index (χ2v) is 4.43. The maximum atomic E-state index is 7.21. The molecule has 1 N–H and O–H groups in total. The lowest BCUT2D eigenvalue weighted by Crippen LogP contribution is -1.99. The maximum Gasteiger partial charge on any atom is 0.242 e. The molecule has 0 saturated heterocycles. The summed E-state index contributed by atoms with van der Waals surface area (Å²) in [6.07, 6.45) is 1.72. The Kier molecular flexibility index (Phi) is 2.61. The molecule has 0 aliphatic carbocycles. The van der Waals surface area contributed by atoms with Crippen molar-refractivity contribution in [2.75, 3.05) is 7.11 Å². The molecule has 0 aliphatic rings. The van der Waals surface area contributed by atoms with Crippen LogP contribution in [0.1, 0.15) is 5.01 Å². The molecule has 1 rings (SSSR count). The first kappa shape index (κ1) is 7.93. The summed E-state index contributed by atoms with van der Waals surface area (Å²) in [6.45, 7) is 0. The first-order valence-corrected chi connectivity index (χ1v) is 4.38. The van der Waals surface area contributed by atoms with Crippen LogP contribution in [0.25, 0.3) is 0 Å². The minimum atomic E-state index is 0.132. The summed E-state index contributed by atoms with van der Waals surface area (Å²) >= 11 is 3.60. The lowest BCUT2D eigenvalue weighted by molar-refractivity contribution is 0.401. The van der Waals surface area contributed by atoms with E-state index in [9.17, 15) is 0 Å². The molecule has 1 heterocycles. The van der Waals surface area contributed by atoms with Crippen LogP contribution in [0.5, 0.6) is 0 Å². The highest BCUT2D eigenvalue weighted by molar-refractivity contribution is 14.1. The van der Waals surface area contributed by atoms with E-state index in [0.717, 1.165) is 2.88 Å². The zero-order valence-corrected chi connectivity index (χ0v) is 8.19. The van der Waals surface area contributed by atoms with Gasteiger partial charge in [-0.3, -0.25) is 5.41 Å². The van der Waals surface area contributed by atoms with Crippen molar-refractivity contribution in [3.8, 4) is 0 Å². The predicted molar refractivity (Wildman–Crippen MR) is 48.7 cm³/mol. The van der Waals surface area contributed by atoms with Gasteiger partial charge < -0.3 is 4.74 Å². The molecule has 0 aromatic carbocycles. The Labute approximate surface area is 76.1 Å². The molecule has 10 heavy (non-hydrogen) atoms. The minimum Gasteiger partial charge on any atom is -0.479 e. The zero-order valence-electron chi connectivity index (χ0n) is 5.22. The van der Waals surface area contributed by atoms with E-state index in [1.165, 1.54) is 18.4 Å². The Morgan fingerprint density at radius 3 is 3.00 bits per heavy atom. The third-order valence-electron chi connectivity index (χ3n) is 0.876. The average Bonchev–Trinajstić information content (AvgIpc) is 2.34. The number of hydrogen-bond acceptors (Lipinski definition) is 4. The molecular formula is C5H5IN2OS.